The Bertz CT molecular complexity index is 785. The lowest BCUT2D eigenvalue weighted by molar-refractivity contribution is -0.118. The third-order valence-corrected chi connectivity index (χ3v) is 3.35. The van der Waals surface area contributed by atoms with Gasteiger partial charge in [-0.2, -0.15) is 0 Å². The number of methoxy groups -OCH3 is 1. The van der Waals surface area contributed by atoms with Gasteiger partial charge in [0.05, 0.1) is 12.7 Å². The minimum absolute atomic E-state index is 0.139. The molecule has 2 rings (SSSR count). The van der Waals surface area contributed by atoms with Crippen LogP contribution in [0.15, 0.2) is 35.5 Å². The Morgan fingerprint density at radius 3 is 2.78 bits per heavy atom. The van der Waals surface area contributed by atoms with Crippen LogP contribution in [-0.4, -0.2) is 34.1 Å². The molecule has 8 heteroatoms. The fourth-order valence-corrected chi connectivity index (χ4v) is 2.30. The third kappa shape index (κ3) is 3.37. The summed E-state index contributed by atoms with van der Waals surface area (Å²) in [6.45, 7) is 0. The van der Waals surface area contributed by atoms with Crippen LogP contribution < -0.4 is 11.3 Å². The van der Waals surface area contributed by atoms with E-state index in [1.54, 1.807) is 12.1 Å². The highest BCUT2D eigenvalue weighted by molar-refractivity contribution is 5.92. The van der Waals surface area contributed by atoms with Crippen LogP contribution in [0.4, 0.5) is 0 Å². The number of amides is 1. The zero-order valence-electron chi connectivity index (χ0n) is 12.3. The summed E-state index contributed by atoms with van der Waals surface area (Å²) in [4.78, 5) is 41.5. The first-order chi connectivity index (χ1) is 11.0. The van der Waals surface area contributed by atoms with Gasteiger partial charge in [0, 0.05) is 30.9 Å². The van der Waals surface area contributed by atoms with Crippen LogP contribution in [-0.2, 0) is 9.53 Å². The molecule has 1 atom stereocenters. The van der Waals surface area contributed by atoms with Crippen LogP contribution in [0.5, 0.6) is 5.75 Å². The summed E-state index contributed by atoms with van der Waals surface area (Å²) in [5.41, 5.74) is 4.77. The zero-order valence-corrected chi connectivity index (χ0v) is 12.3. The monoisotopic (exact) mass is 317 g/mol. The number of hydrogen-bond acceptors (Lipinski definition) is 6. The number of H-pyrrole nitrogens is 1. The van der Waals surface area contributed by atoms with Gasteiger partial charge in [-0.1, -0.05) is 6.07 Å². The minimum atomic E-state index is -0.838. The fourth-order valence-electron chi connectivity index (χ4n) is 2.30. The average Bonchev–Trinajstić information content (AvgIpc) is 2.54. The maximum absolute atomic E-state index is 12.2. The molecule has 0 fully saturated rings. The number of carbonyl (C=O) groups is 2. The topological polar surface area (TPSA) is 135 Å². The van der Waals surface area contributed by atoms with Crippen LogP contribution in [0.1, 0.15) is 33.8 Å². The molecule has 0 spiro atoms. The summed E-state index contributed by atoms with van der Waals surface area (Å²) in [6.07, 6.45) is 3.81. The van der Waals surface area contributed by atoms with Crippen molar-refractivity contribution in [1.82, 2.24) is 9.97 Å². The van der Waals surface area contributed by atoms with Gasteiger partial charge < -0.3 is 20.6 Å². The molecule has 8 nitrogen and oxygen atoms in total. The minimum Gasteiger partial charge on any atom is -0.506 e. The number of nitrogens with zero attached hydrogens (tertiary/aromatic N) is 1. The van der Waals surface area contributed by atoms with Gasteiger partial charge in [0.25, 0.3) is 5.56 Å². The highest BCUT2D eigenvalue weighted by atomic mass is 16.5. The molecule has 0 unspecified atom stereocenters. The number of ether oxygens (including phenoxy) is 1. The predicted molar refractivity (Wildman–Crippen MR) is 80.0 cm³/mol. The van der Waals surface area contributed by atoms with Crippen LogP contribution in [0.2, 0.25) is 0 Å². The zero-order chi connectivity index (χ0) is 17.0. The SMILES string of the molecule is COC(=O)c1c[nH]c(=O)c([C@H](CC(N)=O)c2cccnc2)c1O. The van der Waals surface area contributed by atoms with E-state index in [1.807, 2.05) is 0 Å². The van der Waals surface area contributed by atoms with E-state index in [-0.39, 0.29) is 17.5 Å². The Kier molecular flexibility index (Phi) is 4.75. The number of esters is 1. The molecule has 120 valence electrons. The molecule has 0 saturated heterocycles. The van der Waals surface area contributed by atoms with E-state index in [0.29, 0.717) is 5.56 Å². The van der Waals surface area contributed by atoms with E-state index in [0.717, 1.165) is 13.3 Å². The highest BCUT2D eigenvalue weighted by Crippen LogP contribution is 2.32. The molecule has 0 aliphatic carbocycles. The number of nitrogens with two attached hydrogens (primary N) is 1. The van der Waals surface area contributed by atoms with Crippen molar-refractivity contribution in [2.24, 2.45) is 5.73 Å². The van der Waals surface area contributed by atoms with Crippen molar-refractivity contribution < 1.29 is 19.4 Å². The Morgan fingerprint density at radius 2 is 2.22 bits per heavy atom. The molecule has 1 amide bonds. The summed E-state index contributed by atoms with van der Waals surface area (Å²) in [5.74, 6) is -2.87. The first-order valence-corrected chi connectivity index (χ1v) is 6.66. The summed E-state index contributed by atoms with van der Waals surface area (Å²) < 4.78 is 4.55. The standard InChI is InChI=1S/C15H15N3O5/c1-23-15(22)10-7-18-14(21)12(13(10)20)9(5-11(16)19)8-3-2-4-17-6-8/h2-4,6-7,9H,5H2,1H3,(H2,16,19)(H2,18,20,21)/t9-/m1/s1. The van der Waals surface area contributed by atoms with Gasteiger partial charge in [-0.25, -0.2) is 4.79 Å². The van der Waals surface area contributed by atoms with Crippen LogP contribution >= 0.6 is 0 Å². The maximum Gasteiger partial charge on any atom is 0.343 e. The van der Waals surface area contributed by atoms with E-state index < -0.39 is 29.1 Å². The molecule has 0 radical (unpaired) electrons. The summed E-state index contributed by atoms with van der Waals surface area (Å²) in [7, 11) is 1.15. The van der Waals surface area contributed by atoms with E-state index >= 15 is 0 Å². The largest absolute Gasteiger partial charge is 0.506 e. The summed E-state index contributed by atoms with van der Waals surface area (Å²) in [5, 5.41) is 10.3. The molecule has 23 heavy (non-hydrogen) atoms. The average molecular weight is 317 g/mol. The van der Waals surface area contributed by atoms with E-state index in [1.165, 1.54) is 12.4 Å². The second-order valence-corrected chi connectivity index (χ2v) is 4.79. The molecule has 2 heterocycles. The van der Waals surface area contributed by atoms with Crippen molar-refractivity contribution in [3.05, 3.63) is 57.8 Å². The third-order valence-electron chi connectivity index (χ3n) is 3.35. The normalized spacial score (nSPS) is 11.7. The number of hydrogen-bond donors (Lipinski definition) is 3. The number of aromatic nitrogens is 2. The lowest BCUT2D eigenvalue weighted by Gasteiger charge is -2.17. The van der Waals surface area contributed by atoms with Crippen LogP contribution in [0, 0.1) is 0 Å². The number of primary amides is 1. The number of pyridine rings is 2. The second kappa shape index (κ2) is 6.73. The Balaban J connectivity index is 2.65. The van der Waals surface area contributed by atoms with Crippen molar-refractivity contribution in [1.29, 1.82) is 0 Å². The smallest absolute Gasteiger partial charge is 0.343 e. The van der Waals surface area contributed by atoms with E-state index in [4.69, 9.17) is 5.73 Å². The van der Waals surface area contributed by atoms with Crippen LogP contribution in [0.3, 0.4) is 0 Å². The molecule has 0 aromatic carbocycles. The molecular formula is C15H15N3O5. The number of nitrogens with one attached hydrogen (secondary N) is 1. The molecular weight excluding hydrogens is 302 g/mol. The second-order valence-electron chi connectivity index (χ2n) is 4.79. The fraction of sp³-hybridized carbons (Fsp3) is 0.200. The van der Waals surface area contributed by atoms with Gasteiger partial charge in [0.1, 0.15) is 11.3 Å². The molecule has 2 aromatic rings. The molecule has 0 aliphatic heterocycles. The van der Waals surface area contributed by atoms with Gasteiger partial charge in [-0.05, 0) is 11.6 Å². The van der Waals surface area contributed by atoms with E-state index in [2.05, 4.69) is 14.7 Å². The van der Waals surface area contributed by atoms with Crippen LogP contribution in [0.25, 0.3) is 0 Å². The predicted octanol–water partition coefficient (Wildman–Crippen LogP) is 0.269. The molecule has 0 saturated carbocycles. The lowest BCUT2D eigenvalue weighted by Crippen LogP contribution is -2.23. The number of rotatable bonds is 5. The molecule has 4 N–H and O–H groups in total. The number of aromatic amines is 1. The van der Waals surface area contributed by atoms with Gasteiger partial charge in [-0.15, -0.1) is 0 Å². The van der Waals surface area contributed by atoms with Gasteiger partial charge >= 0.3 is 5.97 Å². The summed E-state index contributed by atoms with van der Waals surface area (Å²) in [6, 6.07) is 3.27. The lowest BCUT2D eigenvalue weighted by atomic mass is 9.88. The Labute approximate surface area is 130 Å². The molecule has 0 bridgehead atoms. The quantitative estimate of drug-likeness (QED) is 0.677. The van der Waals surface area contributed by atoms with E-state index in [9.17, 15) is 19.5 Å². The van der Waals surface area contributed by atoms with Crippen molar-refractivity contribution >= 4 is 11.9 Å². The first kappa shape index (κ1) is 16.2. The Hall–Kier alpha value is -3.16. The number of aromatic hydroxyl groups is 1. The highest BCUT2D eigenvalue weighted by Gasteiger charge is 2.27. The van der Waals surface area contributed by atoms with Crippen molar-refractivity contribution in [3.63, 3.8) is 0 Å². The number of carbonyl (C=O) groups excluding carboxylic acids is 2. The maximum atomic E-state index is 12.2. The Morgan fingerprint density at radius 1 is 1.48 bits per heavy atom. The first-order valence-electron chi connectivity index (χ1n) is 6.66. The van der Waals surface area contributed by atoms with Crippen molar-refractivity contribution in [2.75, 3.05) is 7.11 Å². The van der Waals surface area contributed by atoms with Gasteiger partial charge in [0.2, 0.25) is 5.91 Å². The van der Waals surface area contributed by atoms with Gasteiger partial charge in [0.15, 0.2) is 0 Å². The van der Waals surface area contributed by atoms with Crippen molar-refractivity contribution in [3.8, 4) is 5.75 Å². The molecule has 0 aliphatic rings. The van der Waals surface area contributed by atoms with Crippen molar-refractivity contribution in [2.45, 2.75) is 12.3 Å². The summed E-state index contributed by atoms with van der Waals surface area (Å²) >= 11 is 0. The molecule has 2 aromatic heterocycles. The van der Waals surface area contributed by atoms with Gasteiger partial charge in [-0.3, -0.25) is 14.6 Å².